The maximum absolute atomic E-state index is 5.29. The van der Waals surface area contributed by atoms with Crippen LogP contribution in [0.2, 0.25) is 0 Å². The Labute approximate surface area is 177 Å². The average molecular weight is 491 g/mol. The van der Waals surface area contributed by atoms with Gasteiger partial charge in [0.1, 0.15) is 5.82 Å². The molecule has 9 nitrogen and oxygen atoms in total. The molecular weight excluding hydrogens is 461 g/mol. The normalized spacial score (nSPS) is 11.5. The molecule has 0 aliphatic carbocycles. The molecule has 0 spiro atoms. The zero-order valence-electron chi connectivity index (χ0n) is 16.2. The van der Waals surface area contributed by atoms with E-state index in [-0.39, 0.29) is 24.0 Å². The van der Waals surface area contributed by atoms with Crippen LogP contribution in [0.3, 0.4) is 0 Å². The molecule has 2 rings (SSSR count). The molecule has 0 bridgehead atoms. The van der Waals surface area contributed by atoms with Crippen LogP contribution in [-0.4, -0.2) is 80.0 Å². The number of likely N-dealkylation sites (N-methyl/N-ethyl adjacent to an activating group) is 1. The summed E-state index contributed by atoms with van der Waals surface area (Å²) in [5, 5.41) is 13.7. The predicted molar refractivity (Wildman–Crippen MR) is 117 cm³/mol. The molecule has 0 aromatic carbocycles. The lowest BCUT2D eigenvalue weighted by Crippen LogP contribution is -2.41. The van der Waals surface area contributed by atoms with E-state index in [4.69, 9.17) is 9.15 Å². The molecule has 0 atom stereocenters. The van der Waals surface area contributed by atoms with Gasteiger partial charge in [-0.3, -0.25) is 10.1 Å². The van der Waals surface area contributed by atoms with Gasteiger partial charge in [0.25, 0.3) is 0 Å². The summed E-state index contributed by atoms with van der Waals surface area (Å²) >= 11 is 0. The first-order chi connectivity index (χ1) is 12.7. The Kier molecular flexibility index (Phi) is 11.7. The van der Waals surface area contributed by atoms with Crippen molar-refractivity contribution in [3.63, 3.8) is 0 Å². The lowest BCUT2D eigenvalue weighted by atomic mass is 10.4. The second-order valence-electron chi connectivity index (χ2n) is 5.91. The highest BCUT2D eigenvalue weighted by molar-refractivity contribution is 14.0. The number of hydrogen-bond donors (Lipinski definition) is 3. The van der Waals surface area contributed by atoms with Gasteiger partial charge in [-0.05, 0) is 25.6 Å². The Morgan fingerprint density at radius 3 is 2.85 bits per heavy atom. The molecule has 2 heterocycles. The maximum Gasteiger partial charge on any atom is 0.216 e. The lowest BCUT2D eigenvalue weighted by molar-refractivity contribution is 0.180. The zero-order valence-corrected chi connectivity index (χ0v) is 18.5. The minimum atomic E-state index is 0. The van der Waals surface area contributed by atoms with Crippen molar-refractivity contribution >= 4 is 29.9 Å². The van der Waals surface area contributed by atoms with Crippen LogP contribution in [0.25, 0.3) is 11.6 Å². The number of nitrogens with one attached hydrogen (secondary N) is 3. The minimum absolute atomic E-state index is 0. The fourth-order valence-corrected chi connectivity index (χ4v) is 2.40. The number of guanidine groups is 1. The Bertz CT molecular complexity index is 646. The van der Waals surface area contributed by atoms with E-state index in [1.54, 1.807) is 20.4 Å². The summed E-state index contributed by atoms with van der Waals surface area (Å²) in [6.07, 6.45) is 3.36. The van der Waals surface area contributed by atoms with E-state index in [1.807, 2.05) is 12.1 Å². The number of rotatable bonds is 11. The van der Waals surface area contributed by atoms with Crippen molar-refractivity contribution in [3.05, 3.63) is 24.2 Å². The lowest BCUT2D eigenvalue weighted by Gasteiger charge is -2.18. The van der Waals surface area contributed by atoms with Crippen LogP contribution in [0.15, 0.2) is 27.8 Å². The van der Waals surface area contributed by atoms with Crippen molar-refractivity contribution < 1.29 is 9.15 Å². The van der Waals surface area contributed by atoms with Gasteiger partial charge in [0.2, 0.25) is 5.82 Å². The fraction of sp³-hybridized carbons (Fsp3) is 0.588. The first-order valence-corrected chi connectivity index (χ1v) is 8.80. The van der Waals surface area contributed by atoms with Gasteiger partial charge in [0.05, 0.1) is 6.26 Å². The summed E-state index contributed by atoms with van der Waals surface area (Å²) in [6, 6.07) is 3.65. The van der Waals surface area contributed by atoms with Gasteiger partial charge < -0.3 is 24.7 Å². The fourth-order valence-electron chi connectivity index (χ4n) is 2.40. The first-order valence-electron chi connectivity index (χ1n) is 8.80. The molecule has 0 aliphatic rings. The van der Waals surface area contributed by atoms with Crippen molar-refractivity contribution in [2.45, 2.75) is 12.8 Å². The second kappa shape index (κ2) is 13.5. The largest absolute Gasteiger partial charge is 0.461 e. The van der Waals surface area contributed by atoms with Gasteiger partial charge in [0.15, 0.2) is 11.7 Å². The standard InChI is InChI=1S/C17H29N7O2.HI/c1-18-17(20-9-11-24(2)10-5-12-25-3)19-8-7-15-21-16(23-22-15)14-6-4-13-26-14;/h4,6,13H,5,7-12H2,1-3H3,(H2,18,19,20)(H,21,22,23);1H. The molecule has 0 radical (unpaired) electrons. The van der Waals surface area contributed by atoms with Gasteiger partial charge in [0, 0.05) is 53.4 Å². The topological polar surface area (TPSA) is 104 Å². The number of H-pyrrole nitrogens is 1. The molecule has 0 saturated carbocycles. The minimum Gasteiger partial charge on any atom is -0.461 e. The van der Waals surface area contributed by atoms with Crippen molar-refractivity contribution in [3.8, 4) is 11.6 Å². The molecule has 0 amide bonds. The molecule has 2 aromatic rings. The second-order valence-corrected chi connectivity index (χ2v) is 5.91. The third kappa shape index (κ3) is 8.71. The molecule has 152 valence electrons. The summed E-state index contributed by atoms with van der Waals surface area (Å²) in [6.45, 7) is 4.29. The van der Waals surface area contributed by atoms with E-state index in [0.29, 0.717) is 24.6 Å². The molecule has 27 heavy (non-hydrogen) atoms. The van der Waals surface area contributed by atoms with Gasteiger partial charge in [-0.2, -0.15) is 5.10 Å². The number of ether oxygens (including phenoxy) is 1. The molecule has 10 heteroatoms. The SMILES string of the molecule is CN=C(NCCc1nc(-c2ccco2)n[nH]1)NCCN(C)CCCOC.I. The van der Waals surface area contributed by atoms with Crippen LogP contribution in [0.1, 0.15) is 12.2 Å². The van der Waals surface area contributed by atoms with Gasteiger partial charge >= 0.3 is 0 Å². The highest BCUT2D eigenvalue weighted by Gasteiger charge is 2.08. The molecule has 3 N–H and O–H groups in total. The highest BCUT2D eigenvalue weighted by atomic mass is 127. The van der Waals surface area contributed by atoms with Crippen molar-refractivity contribution in [2.24, 2.45) is 4.99 Å². The molecule has 0 fully saturated rings. The Hall–Kier alpha value is -1.66. The number of aromatic amines is 1. The number of hydrogen-bond acceptors (Lipinski definition) is 6. The van der Waals surface area contributed by atoms with Crippen LogP contribution >= 0.6 is 24.0 Å². The summed E-state index contributed by atoms with van der Waals surface area (Å²) in [5.41, 5.74) is 0. The first kappa shape index (κ1) is 23.4. The van der Waals surface area contributed by atoms with Crippen LogP contribution in [0.4, 0.5) is 0 Å². The smallest absolute Gasteiger partial charge is 0.216 e. The van der Waals surface area contributed by atoms with Gasteiger partial charge in [-0.15, -0.1) is 24.0 Å². The molecule has 0 unspecified atom stereocenters. The third-order valence-electron chi connectivity index (χ3n) is 3.83. The zero-order chi connectivity index (χ0) is 18.6. The van der Waals surface area contributed by atoms with Gasteiger partial charge in [-0.1, -0.05) is 0 Å². The average Bonchev–Trinajstić information content (AvgIpc) is 3.32. The third-order valence-corrected chi connectivity index (χ3v) is 3.83. The van der Waals surface area contributed by atoms with Crippen molar-refractivity contribution in [1.82, 2.24) is 30.7 Å². The van der Waals surface area contributed by atoms with Crippen LogP contribution in [-0.2, 0) is 11.2 Å². The Morgan fingerprint density at radius 1 is 1.33 bits per heavy atom. The maximum atomic E-state index is 5.29. The van der Waals surface area contributed by atoms with Crippen molar-refractivity contribution in [1.29, 1.82) is 0 Å². The number of furan rings is 1. The van der Waals surface area contributed by atoms with Gasteiger partial charge in [-0.25, -0.2) is 4.98 Å². The van der Waals surface area contributed by atoms with Crippen molar-refractivity contribution in [2.75, 3.05) is 54.0 Å². The molecule has 2 aromatic heterocycles. The monoisotopic (exact) mass is 491 g/mol. The van der Waals surface area contributed by atoms with E-state index >= 15 is 0 Å². The molecular formula is C17H30IN7O2. The number of methoxy groups -OCH3 is 1. The summed E-state index contributed by atoms with van der Waals surface area (Å²) in [5.74, 6) is 2.81. The van der Waals surface area contributed by atoms with E-state index in [0.717, 1.165) is 44.4 Å². The van der Waals surface area contributed by atoms with E-state index in [2.05, 4.69) is 42.8 Å². The molecule has 0 saturated heterocycles. The number of halogens is 1. The van der Waals surface area contributed by atoms with E-state index in [1.165, 1.54) is 0 Å². The number of aromatic nitrogens is 3. The Morgan fingerprint density at radius 2 is 2.15 bits per heavy atom. The number of nitrogens with zero attached hydrogens (tertiary/aromatic N) is 4. The van der Waals surface area contributed by atoms with E-state index in [9.17, 15) is 0 Å². The summed E-state index contributed by atoms with van der Waals surface area (Å²) in [7, 11) is 5.60. The van der Waals surface area contributed by atoms with E-state index < -0.39 is 0 Å². The quantitative estimate of drug-likeness (QED) is 0.189. The highest BCUT2D eigenvalue weighted by Crippen LogP contribution is 2.14. The number of aliphatic imine (C=N–C) groups is 1. The Balaban J connectivity index is 0.00000364. The summed E-state index contributed by atoms with van der Waals surface area (Å²) in [4.78, 5) is 10.9. The van der Waals surface area contributed by atoms with Crippen LogP contribution < -0.4 is 10.6 Å². The molecule has 0 aliphatic heterocycles. The predicted octanol–water partition coefficient (Wildman–Crippen LogP) is 1.36. The summed E-state index contributed by atoms with van der Waals surface area (Å²) < 4.78 is 10.4. The van der Waals surface area contributed by atoms with Crippen LogP contribution in [0.5, 0.6) is 0 Å². The van der Waals surface area contributed by atoms with Crippen LogP contribution in [0, 0.1) is 0 Å².